The smallest absolute Gasteiger partial charge is 0.211 e. The van der Waals surface area contributed by atoms with Gasteiger partial charge in [0.25, 0.3) is 0 Å². The molecule has 0 aliphatic carbocycles. The number of rotatable bonds is 2. The first kappa shape index (κ1) is 14.2. The van der Waals surface area contributed by atoms with Crippen molar-refractivity contribution in [1.82, 2.24) is 0 Å². The molecule has 0 saturated carbocycles. The molecule has 0 aliphatic rings. The van der Waals surface area contributed by atoms with E-state index in [-0.39, 0.29) is 22.0 Å². The molecular formula is C9H2Cl4N2O2. The standard InChI is InChI=1S/C9H2Cl4N2O2/c10-7-6(14-3-16)2-1-5(9(11,12)13)8(7)15-4-17/h1-2H. The second kappa shape index (κ2) is 5.65. The van der Waals surface area contributed by atoms with Gasteiger partial charge in [0.05, 0.1) is 10.7 Å². The zero-order chi connectivity index (χ0) is 13.1. The zero-order valence-electron chi connectivity index (χ0n) is 7.88. The van der Waals surface area contributed by atoms with Gasteiger partial charge in [0.1, 0.15) is 5.69 Å². The lowest BCUT2D eigenvalue weighted by Crippen LogP contribution is -2.00. The maximum atomic E-state index is 10.3. The Morgan fingerprint density at radius 1 is 1.06 bits per heavy atom. The predicted molar refractivity (Wildman–Crippen MR) is 66.3 cm³/mol. The maximum Gasteiger partial charge on any atom is 0.240 e. The van der Waals surface area contributed by atoms with E-state index in [0.29, 0.717) is 0 Å². The number of halogens is 4. The van der Waals surface area contributed by atoms with Crippen LogP contribution >= 0.6 is 46.4 Å². The first-order valence-corrected chi connectivity index (χ1v) is 5.48. The van der Waals surface area contributed by atoms with Crippen molar-refractivity contribution in [2.24, 2.45) is 9.98 Å². The molecule has 0 bridgehead atoms. The molecule has 0 amide bonds. The summed E-state index contributed by atoms with van der Waals surface area (Å²) in [5, 5.41) is -0.0967. The van der Waals surface area contributed by atoms with E-state index in [4.69, 9.17) is 46.4 Å². The molecule has 0 radical (unpaired) electrons. The molecule has 88 valence electrons. The third-order valence-corrected chi connectivity index (χ3v) is 2.71. The van der Waals surface area contributed by atoms with Gasteiger partial charge in [0.2, 0.25) is 16.0 Å². The van der Waals surface area contributed by atoms with Crippen LogP contribution in [0.4, 0.5) is 11.4 Å². The summed E-state index contributed by atoms with van der Waals surface area (Å²) in [4.78, 5) is 27.1. The van der Waals surface area contributed by atoms with Crippen molar-refractivity contribution in [3.63, 3.8) is 0 Å². The third-order valence-electron chi connectivity index (χ3n) is 1.72. The predicted octanol–water partition coefficient (Wildman–Crippen LogP) is 4.10. The second-order valence-corrected chi connectivity index (χ2v) is 5.36. The van der Waals surface area contributed by atoms with Crippen molar-refractivity contribution in [1.29, 1.82) is 0 Å². The van der Waals surface area contributed by atoms with E-state index < -0.39 is 3.79 Å². The molecule has 0 saturated heterocycles. The highest BCUT2D eigenvalue weighted by Gasteiger charge is 2.28. The molecule has 0 spiro atoms. The first-order chi connectivity index (χ1) is 7.91. The minimum atomic E-state index is -1.82. The number of isocyanates is 2. The molecule has 0 unspecified atom stereocenters. The fraction of sp³-hybridized carbons (Fsp3) is 0.111. The van der Waals surface area contributed by atoms with E-state index in [0.717, 1.165) is 0 Å². The molecule has 8 heteroatoms. The number of hydrogen-bond acceptors (Lipinski definition) is 4. The summed E-state index contributed by atoms with van der Waals surface area (Å²) in [6.45, 7) is 0. The van der Waals surface area contributed by atoms with Gasteiger partial charge in [-0.15, -0.1) is 0 Å². The van der Waals surface area contributed by atoms with Gasteiger partial charge in [-0.1, -0.05) is 52.5 Å². The molecule has 1 aromatic carbocycles. The van der Waals surface area contributed by atoms with Gasteiger partial charge in [-0.25, -0.2) is 9.59 Å². The van der Waals surface area contributed by atoms with Crippen LogP contribution in [0.2, 0.25) is 5.02 Å². The van der Waals surface area contributed by atoms with Gasteiger partial charge < -0.3 is 0 Å². The fourth-order valence-electron chi connectivity index (χ4n) is 1.07. The highest BCUT2D eigenvalue weighted by Crippen LogP contribution is 2.47. The number of benzene rings is 1. The minimum absolute atomic E-state index is 0.0636. The highest BCUT2D eigenvalue weighted by molar-refractivity contribution is 6.67. The molecule has 0 aliphatic heterocycles. The van der Waals surface area contributed by atoms with Crippen LogP contribution in [0.5, 0.6) is 0 Å². The number of hydrogen-bond donors (Lipinski definition) is 0. The Kier molecular flexibility index (Phi) is 4.72. The Bertz CT molecular complexity index is 541. The number of nitrogens with zero attached hydrogens (tertiary/aromatic N) is 2. The van der Waals surface area contributed by atoms with Crippen molar-refractivity contribution in [2.45, 2.75) is 3.79 Å². The molecule has 0 fully saturated rings. The molecule has 1 rings (SSSR count). The van der Waals surface area contributed by atoms with Crippen LogP contribution in [0, 0.1) is 0 Å². The lowest BCUT2D eigenvalue weighted by atomic mass is 10.2. The van der Waals surface area contributed by atoms with Crippen molar-refractivity contribution >= 4 is 69.9 Å². The molecule has 0 N–H and O–H groups in total. The largest absolute Gasteiger partial charge is 0.240 e. The molecule has 1 aromatic rings. The van der Waals surface area contributed by atoms with E-state index >= 15 is 0 Å². The fourth-order valence-corrected chi connectivity index (χ4v) is 1.78. The zero-order valence-corrected chi connectivity index (χ0v) is 10.9. The Balaban J connectivity index is 3.61. The summed E-state index contributed by atoms with van der Waals surface area (Å²) >= 11 is 22.9. The summed E-state index contributed by atoms with van der Waals surface area (Å²) in [6.07, 6.45) is 2.58. The van der Waals surface area contributed by atoms with Gasteiger partial charge >= 0.3 is 0 Å². The van der Waals surface area contributed by atoms with Crippen LogP contribution in [0.3, 0.4) is 0 Å². The van der Waals surface area contributed by atoms with Gasteiger partial charge in [-0.2, -0.15) is 9.98 Å². The first-order valence-electron chi connectivity index (χ1n) is 3.97. The number of alkyl halides is 3. The molecule has 0 atom stereocenters. The average Bonchev–Trinajstić information content (AvgIpc) is 2.22. The van der Waals surface area contributed by atoms with Crippen LogP contribution in [0.15, 0.2) is 22.1 Å². The van der Waals surface area contributed by atoms with E-state index in [1.54, 1.807) is 0 Å². The van der Waals surface area contributed by atoms with Gasteiger partial charge in [0, 0.05) is 5.56 Å². The van der Waals surface area contributed by atoms with Crippen molar-refractivity contribution in [3.8, 4) is 0 Å². The van der Waals surface area contributed by atoms with E-state index in [9.17, 15) is 9.59 Å². The Labute approximate surface area is 116 Å². The minimum Gasteiger partial charge on any atom is -0.211 e. The van der Waals surface area contributed by atoms with Gasteiger partial charge in [-0.3, -0.25) is 0 Å². The summed E-state index contributed by atoms with van der Waals surface area (Å²) in [5.74, 6) is 0. The van der Waals surface area contributed by atoms with Crippen molar-refractivity contribution in [2.75, 3.05) is 0 Å². The van der Waals surface area contributed by atoms with Gasteiger partial charge in [-0.05, 0) is 6.07 Å². The molecule has 0 aromatic heterocycles. The lowest BCUT2D eigenvalue weighted by molar-refractivity contribution is 0.565. The Hall–Kier alpha value is -0.860. The topological polar surface area (TPSA) is 58.9 Å². The molecule has 17 heavy (non-hydrogen) atoms. The summed E-state index contributed by atoms with van der Waals surface area (Å²) in [5.41, 5.74) is 0.0486. The lowest BCUT2D eigenvalue weighted by Gasteiger charge is -2.14. The van der Waals surface area contributed by atoms with Crippen LogP contribution in [0.1, 0.15) is 5.56 Å². The van der Waals surface area contributed by atoms with Crippen LogP contribution in [-0.4, -0.2) is 12.2 Å². The highest BCUT2D eigenvalue weighted by atomic mass is 35.6. The number of aliphatic imine (C=N–C) groups is 2. The quantitative estimate of drug-likeness (QED) is 0.469. The van der Waals surface area contributed by atoms with Crippen molar-refractivity contribution < 1.29 is 9.59 Å². The van der Waals surface area contributed by atoms with Crippen LogP contribution in [0.25, 0.3) is 0 Å². The third kappa shape index (κ3) is 3.30. The maximum absolute atomic E-state index is 10.3. The SMILES string of the molecule is O=C=Nc1ccc(C(Cl)(Cl)Cl)c(N=C=O)c1Cl. The second-order valence-electron chi connectivity index (χ2n) is 2.70. The van der Waals surface area contributed by atoms with E-state index in [1.165, 1.54) is 24.3 Å². The van der Waals surface area contributed by atoms with Crippen molar-refractivity contribution in [3.05, 3.63) is 22.7 Å². The van der Waals surface area contributed by atoms with Crippen LogP contribution in [-0.2, 0) is 13.4 Å². The van der Waals surface area contributed by atoms with E-state index in [1.807, 2.05) is 0 Å². The monoisotopic (exact) mass is 310 g/mol. The number of carbonyl (C=O) groups excluding carboxylic acids is 2. The van der Waals surface area contributed by atoms with E-state index in [2.05, 4.69) is 9.98 Å². The normalized spacial score (nSPS) is 10.4. The van der Waals surface area contributed by atoms with Gasteiger partial charge in [0.15, 0.2) is 0 Å². The summed E-state index contributed by atoms with van der Waals surface area (Å²) in [7, 11) is 0. The van der Waals surface area contributed by atoms with Crippen LogP contribution < -0.4 is 0 Å². The average molecular weight is 312 g/mol. The Morgan fingerprint density at radius 2 is 1.65 bits per heavy atom. The molecule has 0 heterocycles. The molecular weight excluding hydrogens is 310 g/mol. The molecule has 4 nitrogen and oxygen atoms in total. The summed E-state index contributed by atoms with van der Waals surface area (Å²) < 4.78 is -1.82. The Morgan fingerprint density at radius 3 is 2.12 bits per heavy atom. The summed E-state index contributed by atoms with van der Waals surface area (Å²) in [6, 6.07) is 2.68.